The number of nitrogens with one attached hydrogen (secondary N) is 1. The molecule has 15 heavy (non-hydrogen) atoms. The molecule has 1 unspecified atom stereocenters. The van der Waals surface area contributed by atoms with E-state index in [1.807, 2.05) is 20.8 Å². The monoisotopic (exact) mass is 216 g/mol. The van der Waals surface area contributed by atoms with Gasteiger partial charge in [-0.25, -0.2) is 0 Å². The lowest BCUT2D eigenvalue weighted by Crippen LogP contribution is -2.48. The third-order valence-corrected chi connectivity index (χ3v) is 2.08. The Bertz CT molecular complexity index is 233. The summed E-state index contributed by atoms with van der Waals surface area (Å²) >= 11 is 0. The zero-order valence-electron chi connectivity index (χ0n) is 9.54. The number of carboxylic acids is 1. The van der Waals surface area contributed by atoms with Gasteiger partial charge in [-0.15, -0.1) is 0 Å². The van der Waals surface area contributed by atoms with E-state index in [1.165, 1.54) is 0 Å². The maximum atomic E-state index is 11.5. The quantitative estimate of drug-likeness (QED) is 0.578. The van der Waals surface area contributed by atoms with E-state index >= 15 is 0 Å². The van der Waals surface area contributed by atoms with Gasteiger partial charge in [0.25, 0.3) is 0 Å². The minimum absolute atomic E-state index is 0.0606. The number of rotatable bonds is 5. The van der Waals surface area contributed by atoms with Gasteiger partial charge >= 0.3 is 5.97 Å². The number of carbonyl (C=O) groups excluding carboxylic acids is 1. The van der Waals surface area contributed by atoms with Gasteiger partial charge in [0.05, 0.1) is 6.04 Å². The summed E-state index contributed by atoms with van der Waals surface area (Å²) in [5, 5.41) is 11.0. The topological polar surface area (TPSA) is 92.4 Å². The first-order valence-corrected chi connectivity index (χ1v) is 5.00. The average molecular weight is 216 g/mol. The standard InChI is InChI=1S/C10H20N2O3/c1-10(2,3)8(11)9(15)12-6-4-5-7(13)14/h8H,4-6,11H2,1-3H3,(H,12,15)(H,13,14). The van der Waals surface area contributed by atoms with Crippen molar-refractivity contribution in [2.75, 3.05) is 6.54 Å². The fourth-order valence-corrected chi connectivity index (χ4v) is 0.954. The highest BCUT2D eigenvalue weighted by atomic mass is 16.4. The van der Waals surface area contributed by atoms with Crippen molar-refractivity contribution in [1.29, 1.82) is 0 Å². The molecule has 1 amide bonds. The Hall–Kier alpha value is -1.10. The van der Waals surface area contributed by atoms with Gasteiger partial charge in [-0.3, -0.25) is 9.59 Å². The van der Waals surface area contributed by atoms with Gasteiger partial charge in [-0.1, -0.05) is 20.8 Å². The van der Waals surface area contributed by atoms with E-state index in [0.29, 0.717) is 13.0 Å². The normalized spacial score (nSPS) is 13.3. The molecule has 0 aromatic rings. The number of hydrogen-bond acceptors (Lipinski definition) is 3. The van der Waals surface area contributed by atoms with Gasteiger partial charge in [0.1, 0.15) is 0 Å². The first kappa shape index (κ1) is 13.9. The van der Waals surface area contributed by atoms with E-state index in [4.69, 9.17) is 10.8 Å². The number of carbonyl (C=O) groups is 2. The van der Waals surface area contributed by atoms with Crippen LogP contribution in [0.1, 0.15) is 33.6 Å². The van der Waals surface area contributed by atoms with E-state index in [1.54, 1.807) is 0 Å². The highest BCUT2D eigenvalue weighted by molar-refractivity contribution is 5.82. The van der Waals surface area contributed by atoms with Crippen LogP contribution in [0.5, 0.6) is 0 Å². The molecule has 0 rings (SSSR count). The molecule has 0 heterocycles. The molecule has 0 radical (unpaired) electrons. The van der Waals surface area contributed by atoms with Crippen LogP contribution in [-0.2, 0) is 9.59 Å². The second-order valence-corrected chi connectivity index (χ2v) is 4.63. The second kappa shape index (κ2) is 5.70. The molecule has 0 saturated heterocycles. The Balaban J connectivity index is 3.80. The van der Waals surface area contributed by atoms with Gasteiger partial charge in [0, 0.05) is 13.0 Å². The van der Waals surface area contributed by atoms with Crippen molar-refractivity contribution in [1.82, 2.24) is 5.32 Å². The summed E-state index contributed by atoms with van der Waals surface area (Å²) in [6.45, 7) is 6.01. The average Bonchev–Trinajstić information content (AvgIpc) is 2.09. The summed E-state index contributed by atoms with van der Waals surface area (Å²) in [6.07, 6.45) is 0.489. The number of hydrogen-bond donors (Lipinski definition) is 3. The van der Waals surface area contributed by atoms with Crippen molar-refractivity contribution in [2.24, 2.45) is 11.1 Å². The maximum Gasteiger partial charge on any atom is 0.303 e. The van der Waals surface area contributed by atoms with Crippen molar-refractivity contribution in [3.63, 3.8) is 0 Å². The zero-order chi connectivity index (χ0) is 12.1. The molecule has 0 bridgehead atoms. The summed E-state index contributed by atoms with van der Waals surface area (Å²) in [5.74, 6) is -1.09. The van der Waals surface area contributed by atoms with Crippen molar-refractivity contribution in [2.45, 2.75) is 39.7 Å². The molecule has 0 aliphatic carbocycles. The van der Waals surface area contributed by atoms with Crippen LogP contribution < -0.4 is 11.1 Å². The lowest BCUT2D eigenvalue weighted by Gasteiger charge is -2.25. The summed E-state index contributed by atoms with van der Waals surface area (Å²) in [7, 11) is 0. The molecule has 0 aromatic heterocycles. The van der Waals surface area contributed by atoms with Gasteiger partial charge in [-0.2, -0.15) is 0 Å². The highest BCUT2D eigenvalue weighted by Crippen LogP contribution is 2.16. The summed E-state index contributed by atoms with van der Waals surface area (Å²) in [5.41, 5.74) is 5.43. The SMILES string of the molecule is CC(C)(C)C(N)C(=O)NCCCC(=O)O. The van der Waals surface area contributed by atoms with E-state index in [-0.39, 0.29) is 17.7 Å². The van der Waals surface area contributed by atoms with Crippen molar-refractivity contribution in [3.05, 3.63) is 0 Å². The molecule has 0 aromatic carbocycles. The van der Waals surface area contributed by atoms with E-state index in [2.05, 4.69) is 5.32 Å². The smallest absolute Gasteiger partial charge is 0.303 e. The number of carboxylic acid groups (broad SMARTS) is 1. The zero-order valence-corrected chi connectivity index (χ0v) is 9.54. The predicted molar refractivity (Wildman–Crippen MR) is 57.3 cm³/mol. The first-order valence-electron chi connectivity index (χ1n) is 5.00. The molecule has 88 valence electrons. The van der Waals surface area contributed by atoms with Crippen LogP contribution >= 0.6 is 0 Å². The molecule has 1 atom stereocenters. The molecular formula is C10H20N2O3. The Labute approximate surface area is 90.0 Å². The lowest BCUT2D eigenvalue weighted by atomic mass is 9.87. The number of amides is 1. The lowest BCUT2D eigenvalue weighted by molar-refractivity contribution is -0.137. The van der Waals surface area contributed by atoms with Crippen LogP contribution in [0, 0.1) is 5.41 Å². The van der Waals surface area contributed by atoms with Crippen LogP contribution in [-0.4, -0.2) is 29.6 Å². The van der Waals surface area contributed by atoms with Crippen LogP contribution in [0.25, 0.3) is 0 Å². The Morgan fingerprint density at radius 3 is 2.33 bits per heavy atom. The highest BCUT2D eigenvalue weighted by Gasteiger charge is 2.26. The Kier molecular flexibility index (Phi) is 5.28. The summed E-state index contributed by atoms with van der Waals surface area (Å²) in [4.78, 5) is 21.7. The molecule has 0 spiro atoms. The summed E-state index contributed by atoms with van der Waals surface area (Å²) < 4.78 is 0. The van der Waals surface area contributed by atoms with Gasteiger partial charge in [-0.05, 0) is 11.8 Å². The molecule has 0 fully saturated rings. The van der Waals surface area contributed by atoms with Gasteiger partial charge in [0.2, 0.25) is 5.91 Å². The van der Waals surface area contributed by atoms with Crippen LogP contribution in [0.15, 0.2) is 0 Å². The number of nitrogens with two attached hydrogens (primary N) is 1. The fourth-order valence-electron chi connectivity index (χ4n) is 0.954. The van der Waals surface area contributed by atoms with Crippen molar-refractivity contribution >= 4 is 11.9 Å². The largest absolute Gasteiger partial charge is 0.481 e. The van der Waals surface area contributed by atoms with Gasteiger partial charge < -0.3 is 16.2 Å². The van der Waals surface area contributed by atoms with Crippen molar-refractivity contribution in [3.8, 4) is 0 Å². The third-order valence-electron chi connectivity index (χ3n) is 2.08. The number of aliphatic carboxylic acids is 1. The van der Waals surface area contributed by atoms with E-state index in [9.17, 15) is 9.59 Å². The Morgan fingerprint density at radius 2 is 1.93 bits per heavy atom. The molecular weight excluding hydrogens is 196 g/mol. The molecule has 0 saturated carbocycles. The van der Waals surface area contributed by atoms with Crippen LogP contribution in [0.2, 0.25) is 0 Å². The predicted octanol–water partition coefficient (Wildman–Crippen LogP) is 0.341. The second-order valence-electron chi connectivity index (χ2n) is 4.63. The van der Waals surface area contributed by atoms with Crippen LogP contribution in [0.3, 0.4) is 0 Å². The third kappa shape index (κ3) is 6.06. The van der Waals surface area contributed by atoms with Crippen molar-refractivity contribution < 1.29 is 14.7 Å². The molecule has 0 aliphatic heterocycles. The fraction of sp³-hybridized carbons (Fsp3) is 0.800. The molecule has 4 N–H and O–H groups in total. The minimum Gasteiger partial charge on any atom is -0.481 e. The maximum absolute atomic E-state index is 11.5. The van der Waals surface area contributed by atoms with E-state index in [0.717, 1.165) is 0 Å². The molecule has 5 heteroatoms. The minimum atomic E-state index is -0.857. The molecule has 5 nitrogen and oxygen atoms in total. The van der Waals surface area contributed by atoms with E-state index < -0.39 is 12.0 Å². The Morgan fingerprint density at radius 1 is 1.40 bits per heavy atom. The molecule has 0 aliphatic rings. The summed E-state index contributed by atoms with van der Waals surface area (Å²) in [6, 6.07) is -0.567. The van der Waals surface area contributed by atoms with Gasteiger partial charge in [0.15, 0.2) is 0 Å². The first-order chi connectivity index (χ1) is 6.75. The van der Waals surface area contributed by atoms with Crippen LogP contribution in [0.4, 0.5) is 0 Å².